The van der Waals surface area contributed by atoms with Crippen LogP contribution in [0, 0.1) is 6.92 Å². The number of carbonyl (C=O) groups excluding carboxylic acids is 1. The Balaban J connectivity index is 1.50. The van der Waals surface area contributed by atoms with Gasteiger partial charge in [0, 0.05) is 21.4 Å². The van der Waals surface area contributed by atoms with Crippen LogP contribution in [-0.4, -0.2) is 23.0 Å². The van der Waals surface area contributed by atoms with E-state index in [1.165, 1.54) is 16.9 Å². The van der Waals surface area contributed by atoms with Crippen molar-refractivity contribution >= 4 is 33.3 Å². The van der Waals surface area contributed by atoms with Gasteiger partial charge in [0.1, 0.15) is 5.75 Å². The van der Waals surface area contributed by atoms with Crippen molar-refractivity contribution in [3.8, 4) is 28.3 Å². The number of thiazole rings is 1. The molecule has 5 nitrogen and oxygen atoms in total. The second kappa shape index (κ2) is 9.91. The second-order valence-electron chi connectivity index (χ2n) is 8.93. The average molecular weight is 494 g/mol. The van der Waals surface area contributed by atoms with Crippen molar-refractivity contribution in [3.63, 3.8) is 0 Å². The first-order valence-corrected chi connectivity index (χ1v) is 12.7. The summed E-state index contributed by atoms with van der Waals surface area (Å²) < 4.78 is 5.54. The van der Waals surface area contributed by atoms with Crippen LogP contribution >= 0.6 is 11.3 Å². The molecule has 0 spiro atoms. The molecule has 180 valence electrons. The van der Waals surface area contributed by atoms with Crippen molar-refractivity contribution in [1.29, 1.82) is 0 Å². The zero-order chi connectivity index (χ0) is 25.2. The number of fused-ring (bicyclic) bond motifs is 1. The fraction of sp³-hybridized carbons (Fsp3) is 0.167. The number of anilines is 1. The van der Waals surface area contributed by atoms with Gasteiger partial charge in [0.25, 0.3) is 5.91 Å². The standard InChI is InChI=1S/C30H27N3O2S/c1-18(2)20-13-15-21(16-14-20)28-19(3)36-30(32-28)33-29(34)24-17-26(23-10-6-8-12-27(23)35-4)31-25-11-7-5-9-22(24)25/h5-18H,1-4H3,(H,32,33,34). The number of benzene rings is 3. The SMILES string of the molecule is COc1ccccc1-c1cc(C(=O)Nc2nc(-c3ccc(C(C)C)cc3)c(C)s2)c2ccccc2n1. The summed E-state index contributed by atoms with van der Waals surface area (Å²) in [5, 5.41) is 4.38. The van der Waals surface area contributed by atoms with Gasteiger partial charge in [-0.2, -0.15) is 0 Å². The number of rotatable bonds is 6. The minimum absolute atomic E-state index is 0.222. The van der Waals surface area contributed by atoms with Crippen molar-refractivity contribution in [2.45, 2.75) is 26.7 Å². The van der Waals surface area contributed by atoms with E-state index >= 15 is 0 Å². The summed E-state index contributed by atoms with van der Waals surface area (Å²) in [6.07, 6.45) is 0. The van der Waals surface area contributed by atoms with Gasteiger partial charge in [-0.15, -0.1) is 11.3 Å². The first-order chi connectivity index (χ1) is 17.4. The second-order valence-corrected chi connectivity index (χ2v) is 10.1. The van der Waals surface area contributed by atoms with Crippen LogP contribution in [0.25, 0.3) is 33.4 Å². The number of methoxy groups -OCH3 is 1. The highest BCUT2D eigenvalue weighted by Crippen LogP contribution is 2.34. The highest BCUT2D eigenvalue weighted by Gasteiger charge is 2.18. The van der Waals surface area contributed by atoms with Crippen molar-refractivity contribution < 1.29 is 9.53 Å². The Labute approximate surface area is 214 Å². The molecule has 3 aromatic carbocycles. The number of aromatic nitrogens is 2. The molecule has 0 aliphatic heterocycles. The number of hydrogen-bond donors (Lipinski definition) is 1. The Morgan fingerprint density at radius 1 is 0.944 bits per heavy atom. The number of amides is 1. The first-order valence-electron chi connectivity index (χ1n) is 11.9. The lowest BCUT2D eigenvalue weighted by atomic mass is 10.0. The Kier molecular flexibility index (Phi) is 6.53. The summed E-state index contributed by atoms with van der Waals surface area (Å²) in [5.41, 5.74) is 6.01. The summed E-state index contributed by atoms with van der Waals surface area (Å²) in [5.74, 6) is 0.955. The molecule has 0 unspecified atom stereocenters. The fourth-order valence-electron chi connectivity index (χ4n) is 4.27. The Hall–Kier alpha value is -4.03. The summed E-state index contributed by atoms with van der Waals surface area (Å²) in [4.78, 5) is 24.2. The van der Waals surface area contributed by atoms with Gasteiger partial charge < -0.3 is 4.74 Å². The van der Waals surface area contributed by atoms with E-state index in [1.807, 2.05) is 61.5 Å². The van der Waals surface area contributed by atoms with Gasteiger partial charge in [0.05, 0.1) is 29.6 Å². The van der Waals surface area contributed by atoms with Crippen LogP contribution in [0.1, 0.15) is 40.6 Å². The van der Waals surface area contributed by atoms with Crippen LogP contribution in [0.3, 0.4) is 0 Å². The van der Waals surface area contributed by atoms with E-state index in [2.05, 4.69) is 43.4 Å². The number of pyridine rings is 1. The van der Waals surface area contributed by atoms with Crippen molar-refractivity contribution in [2.75, 3.05) is 12.4 Å². The van der Waals surface area contributed by atoms with Crippen molar-refractivity contribution in [1.82, 2.24) is 9.97 Å². The quantitative estimate of drug-likeness (QED) is 0.263. The molecular formula is C30H27N3O2S. The maximum Gasteiger partial charge on any atom is 0.258 e. The topological polar surface area (TPSA) is 64.1 Å². The molecule has 0 radical (unpaired) electrons. The Morgan fingerprint density at radius 3 is 2.42 bits per heavy atom. The molecule has 0 fully saturated rings. The monoisotopic (exact) mass is 493 g/mol. The molecule has 0 atom stereocenters. The molecular weight excluding hydrogens is 466 g/mol. The minimum atomic E-state index is -0.222. The van der Waals surface area contributed by atoms with Gasteiger partial charge in [-0.1, -0.05) is 68.4 Å². The predicted octanol–water partition coefficient (Wildman–Crippen LogP) is 7.72. The zero-order valence-corrected chi connectivity index (χ0v) is 21.5. The van der Waals surface area contributed by atoms with Gasteiger partial charge in [0.2, 0.25) is 0 Å². The van der Waals surface area contributed by atoms with E-state index in [0.717, 1.165) is 32.6 Å². The molecule has 1 N–H and O–H groups in total. The molecule has 0 saturated heterocycles. The molecule has 5 aromatic rings. The smallest absolute Gasteiger partial charge is 0.258 e. The minimum Gasteiger partial charge on any atom is -0.496 e. The highest BCUT2D eigenvalue weighted by atomic mass is 32.1. The molecule has 2 heterocycles. The third-order valence-electron chi connectivity index (χ3n) is 6.21. The molecule has 36 heavy (non-hydrogen) atoms. The number of aryl methyl sites for hydroxylation is 1. The lowest BCUT2D eigenvalue weighted by Crippen LogP contribution is -2.13. The molecule has 2 aromatic heterocycles. The molecule has 0 bridgehead atoms. The maximum absolute atomic E-state index is 13.5. The van der Waals surface area contributed by atoms with Crippen LogP contribution in [0.15, 0.2) is 78.9 Å². The number of nitrogens with one attached hydrogen (secondary N) is 1. The van der Waals surface area contributed by atoms with E-state index in [1.54, 1.807) is 7.11 Å². The first kappa shape index (κ1) is 23.7. The summed E-state index contributed by atoms with van der Waals surface area (Å²) in [7, 11) is 1.63. The van der Waals surface area contributed by atoms with Crippen LogP contribution in [0.5, 0.6) is 5.75 Å². The van der Waals surface area contributed by atoms with Crippen molar-refractivity contribution in [3.05, 3.63) is 94.9 Å². The molecule has 0 saturated carbocycles. The van der Waals surface area contributed by atoms with Crippen LogP contribution in [0.4, 0.5) is 5.13 Å². The lowest BCUT2D eigenvalue weighted by molar-refractivity contribution is 0.102. The molecule has 0 aliphatic rings. The molecule has 6 heteroatoms. The number of para-hydroxylation sites is 2. The summed E-state index contributed by atoms with van der Waals surface area (Å²) in [6, 6.07) is 25.6. The predicted molar refractivity (Wildman–Crippen MR) is 148 cm³/mol. The van der Waals surface area contributed by atoms with Crippen LogP contribution in [-0.2, 0) is 0 Å². The highest BCUT2D eigenvalue weighted by molar-refractivity contribution is 7.16. The largest absolute Gasteiger partial charge is 0.496 e. The van der Waals surface area contributed by atoms with Gasteiger partial charge in [-0.3, -0.25) is 10.1 Å². The van der Waals surface area contributed by atoms with E-state index in [9.17, 15) is 4.79 Å². The van der Waals surface area contributed by atoms with Crippen molar-refractivity contribution in [2.24, 2.45) is 0 Å². The Morgan fingerprint density at radius 2 is 1.67 bits per heavy atom. The average Bonchev–Trinajstić information content (AvgIpc) is 3.27. The number of nitrogens with zero attached hydrogens (tertiary/aromatic N) is 2. The number of ether oxygens (including phenoxy) is 1. The van der Waals surface area contributed by atoms with Gasteiger partial charge in [-0.05, 0) is 42.7 Å². The molecule has 5 rings (SSSR count). The maximum atomic E-state index is 13.5. The van der Waals surface area contributed by atoms with E-state index in [-0.39, 0.29) is 5.91 Å². The van der Waals surface area contributed by atoms with E-state index < -0.39 is 0 Å². The van der Waals surface area contributed by atoms with Crippen LogP contribution in [0.2, 0.25) is 0 Å². The normalized spacial score (nSPS) is 11.1. The third kappa shape index (κ3) is 4.60. The summed E-state index contributed by atoms with van der Waals surface area (Å²) in [6.45, 7) is 6.39. The molecule has 0 aliphatic carbocycles. The number of hydrogen-bond acceptors (Lipinski definition) is 5. The van der Waals surface area contributed by atoms with E-state index in [4.69, 9.17) is 14.7 Å². The van der Waals surface area contributed by atoms with E-state index in [0.29, 0.717) is 28.1 Å². The zero-order valence-electron chi connectivity index (χ0n) is 20.7. The van der Waals surface area contributed by atoms with Crippen LogP contribution < -0.4 is 10.1 Å². The Bertz CT molecular complexity index is 1550. The summed E-state index contributed by atoms with van der Waals surface area (Å²) >= 11 is 1.48. The fourth-order valence-corrected chi connectivity index (χ4v) is 5.10. The van der Waals surface area contributed by atoms with Gasteiger partial charge in [0.15, 0.2) is 5.13 Å². The lowest BCUT2D eigenvalue weighted by Gasteiger charge is -2.12. The van der Waals surface area contributed by atoms with Gasteiger partial charge in [-0.25, -0.2) is 9.97 Å². The number of carbonyl (C=O) groups is 1. The van der Waals surface area contributed by atoms with Gasteiger partial charge >= 0.3 is 0 Å². The molecule has 1 amide bonds. The third-order valence-corrected chi connectivity index (χ3v) is 7.10.